The maximum atomic E-state index is 14.5. The van der Waals surface area contributed by atoms with Gasteiger partial charge in [0.05, 0.1) is 30.3 Å². The van der Waals surface area contributed by atoms with Crippen molar-refractivity contribution < 1.29 is 133 Å². The number of thiol groups is 1. The molecule has 3 heterocycles. The van der Waals surface area contributed by atoms with Gasteiger partial charge in [0.15, 0.2) is 25.0 Å². The normalized spacial score (nSPS) is 22.6. The molecule has 35 nitrogen and oxygen atoms in total. The standard InChI is InChI=1S/C87H148N7O28PS2/c1-14-70(119-77(108)43-42-69(104)56-125(123)124)84(109)94(47-37-45-89-75(106)40-31-25-19-16-22-28-34-51-111-86-79(91-61(6)96)58(3)82(117-67(12)102)72(121-86)54-114-64(9)99)49-38-48-93(76(107)41-32-26-20-17-23-29-35-52-112-87-80(92-62(7)97)59(4)83(118-68(13)103)73(122-87)55-115-65(10)100)46-36-44-88-74(105)39-30-24-18-15-21-27-33-50-110-85-78(90-60(5)95)57(2)81(116-66(11)101)71(120-85)53-113-63(8)98/h57-59,70-73,78-83,85-87,123,125H,14-56H2,1-13H3,(H,88,105)(H,89,106)(H,90,95)(H,91,96)(H,92,97)/t57-,58-,59-,70?,71?,72?,73?,78?,79?,80?,81-,82-,83-,85-,86-,87-/m1/s1. The Labute approximate surface area is 747 Å². The number of ether oxygens (including phenoxy) is 13. The molecule has 0 spiro atoms. The highest BCUT2D eigenvalue weighted by Crippen LogP contribution is 2.34. The summed E-state index contributed by atoms with van der Waals surface area (Å²) in [5.74, 6) is -6.99. The second-order valence-electron chi connectivity index (χ2n) is 32.7. The molecule has 0 aromatic carbocycles. The number of nitrogens with zero attached hydrogens (tertiary/aromatic N) is 2. The lowest BCUT2D eigenvalue weighted by Crippen LogP contribution is -2.62. The number of ketones is 1. The van der Waals surface area contributed by atoms with Gasteiger partial charge in [-0.15, -0.1) is 8.63 Å². The van der Waals surface area contributed by atoms with Crippen LogP contribution in [0, 0.1) is 17.8 Å². The van der Waals surface area contributed by atoms with Crippen molar-refractivity contribution in [1.29, 1.82) is 0 Å². The molecule has 3 aliphatic heterocycles. The van der Waals surface area contributed by atoms with Gasteiger partial charge in [-0.1, -0.05) is 143 Å². The van der Waals surface area contributed by atoms with Gasteiger partial charge in [0.25, 0.3) is 5.91 Å². The van der Waals surface area contributed by atoms with Gasteiger partial charge in [-0.2, -0.15) is 0 Å². The number of Topliss-reactive ketones (excluding diaryl/α,β-unsaturated/α-hetero) is 1. The predicted octanol–water partition coefficient (Wildman–Crippen LogP) is 8.08. The number of carbonyl (C=O) groups excluding carboxylic acids is 15. The van der Waals surface area contributed by atoms with Crippen LogP contribution in [0.25, 0.3) is 0 Å². The van der Waals surface area contributed by atoms with Crippen LogP contribution in [-0.2, 0) is 153 Å². The number of rotatable bonds is 65. The van der Waals surface area contributed by atoms with Gasteiger partial charge in [0, 0.05) is 165 Å². The monoisotopic (exact) mass is 1830 g/mol. The largest absolute Gasteiger partial charge is 0.463 e. The second kappa shape index (κ2) is 64.6. The summed E-state index contributed by atoms with van der Waals surface area (Å²) in [6.45, 7) is 20.9. The maximum Gasteiger partial charge on any atom is 0.307 e. The highest BCUT2D eigenvalue weighted by Gasteiger charge is 2.50. The zero-order valence-corrected chi connectivity index (χ0v) is 79.0. The molecular formula is C87H148N7O28PS2. The Morgan fingerprint density at radius 3 is 1.02 bits per heavy atom. The van der Waals surface area contributed by atoms with Crippen LogP contribution in [0.1, 0.15) is 283 Å². The molecule has 716 valence electrons. The van der Waals surface area contributed by atoms with Crippen LogP contribution in [0.15, 0.2) is 0 Å². The van der Waals surface area contributed by atoms with Gasteiger partial charge < -0.3 is 98.0 Å². The first-order chi connectivity index (χ1) is 59.5. The van der Waals surface area contributed by atoms with Crippen LogP contribution >= 0.6 is 8.02 Å². The summed E-state index contributed by atoms with van der Waals surface area (Å²) in [7, 11) is 2.20. The van der Waals surface area contributed by atoms with E-state index in [2.05, 4.69) is 34.6 Å². The predicted molar refractivity (Wildman–Crippen MR) is 468 cm³/mol. The van der Waals surface area contributed by atoms with E-state index in [0.29, 0.717) is 104 Å². The average molecular weight is 1840 g/mol. The molecule has 3 saturated heterocycles. The van der Waals surface area contributed by atoms with E-state index >= 15 is 0 Å². The number of unbranched alkanes of at least 4 members (excludes halogenated alkanes) is 18. The number of amides is 7. The highest BCUT2D eigenvalue weighted by atomic mass is 32.9. The number of hydrogen-bond acceptors (Lipinski definition) is 29. The topological polar surface area (TPSA) is 443 Å². The van der Waals surface area contributed by atoms with E-state index < -0.39 is 154 Å². The summed E-state index contributed by atoms with van der Waals surface area (Å²) < 4.78 is 74.9. The Morgan fingerprint density at radius 1 is 0.392 bits per heavy atom. The molecule has 3 aliphatic rings. The number of esters is 7. The highest BCUT2D eigenvalue weighted by molar-refractivity contribution is 8.39. The molecule has 17 atom stereocenters. The fourth-order valence-electron chi connectivity index (χ4n) is 15.3. The number of hydrogen-bond donors (Lipinski definition) is 6. The lowest BCUT2D eigenvalue weighted by Gasteiger charge is -2.44. The zero-order valence-electron chi connectivity index (χ0n) is 76.3. The van der Waals surface area contributed by atoms with E-state index in [1.165, 1.54) is 62.3 Å². The van der Waals surface area contributed by atoms with Gasteiger partial charge >= 0.3 is 41.8 Å². The van der Waals surface area contributed by atoms with Crippen molar-refractivity contribution in [1.82, 2.24) is 36.4 Å². The Morgan fingerprint density at radius 2 is 0.704 bits per heavy atom. The number of nitrogens with one attached hydrogen (secondary N) is 5. The summed E-state index contributed by atoms with van der Waals surface area (Å²) in [6.07, 6.45) is 10.5. The van der Waals surface area contributed by atoms with Crippen molar-refractivity contribution in [2.24, 2.45) is 17.8 Å². The quantitative estimate of drug-likeness (QED) is 0.0110. The van der Waals surface area contributed by atoms with E-state index in [-0.39, 0.29) is 119 Å². The third kappa shape index (κ3) is 48.8. The van der Waals surface area contributed by atoms with E-state index in [1.807, 2.05) is 20.8 Å². The summed E-state index contributed by atoms with van der Waals surface area (Å²) in [5, 5.41) is 14.6. The minimum Gasteiger partial charge on any atom is -0.463 e. The van der Waals surface area contributed by atoms with E-state index in [4.69, 9.17) is 72.8 Å². The summed E-state index contributed by atoms with van der Waals surface area (Å²) >= 11 is 5.15. The first-order valence-electron chi connectivity index (χ1n) is 45.0. The first-order valence-corrected chi connectivity index (χ1v) is 48.9. The van der Waals surface area contributed by atoms with Crippen molar-refractivity contribution in [3.05, 3.63) is 0 Å². The summed E-state index contributed by atoms with van der Waals surface area (Å²) in [5.41, 5.74) is 0. The van der Waals surface area contributed by atoms with Gasteiger partial charge in [0.1, 0.15) is 62.2 Å². The van der Waals surface area contributed by atoms with Crippen LogP contribution in [0.4, 0.5) is 0 Å². The molecule has 0 bridgehead atoms. The maximum absolute atomic E-state index is 14.5. The van der Waals surface area contributed by atoms with Gasteiger partial charge in [-0.05, 0) is 64.2 Å². The van der Waals surface area contributed by atoms with Crippen molar-refractivity contribution >= 4 is 117 Å². The summed E-state index contributed by atoms with van der Waals surface area (Å²) in [4.78, 5) is 192. The molecule has 0 aromatic rings. The molecule has 5 N–H and O–H groups in total. The minimum atomic E-state index is -1.16. The Hall–Kier alpha value is -7.12. The SMILES string of the molecule is CCC(OC(=O)CCC(=O)C[SH](=P)=S)C(=O)N(CCCNC(=O)CCCCCCCCCO[C@@H]1OC(COC(C)=O)[C@H](OC(C)=O)[C@H](C)C1NC(C)=O)CCCN(CCCNC(=O)CCCCCCCCCO[C@@H]1OC(COC(C)=O)[C@H](OC(C)=O)[C@H](C)C1NC(C)=O)C(=O)CCCCCCCCCO[C@@H]1OC(COC(C)=O)[C@H](OC(C)=O)[C@H](C)C1NC(C)=O. The van der Waals surface area contributed by atoms with Crippen LogP contribution < -0.4 is 26.6 Å². The van der Waals surface area contributed by atoms with Crippen molar-refractivity contribution in [2.45, 2.75) is 362 Å². The van der Waals surface area contributed by atoms with Gasteiger partial charge in [0.2, 0.25) is 35.4 Å². The van der Waals surface area contributed by atoms with Gasteiger partial charge in [-0.25, -0.2) is 0 Å². The van der Waals surface area contributed by atoms with Crippen LogP contribution in [0.5, 0.6) is 0 Å². The molecule has 0 saturated carbocycles. The van der Waals surface area contributed by atoms with Crippen LogP contribution in [0.2, 0.25) is 0 Å². The molecule has 125 heavy (non-hydrogen) atoms. The van der Waals surface area contributed by atoms with Crippen LogP contribution in [-0.4, -0.2) is 263 Å². The molecule has 0 aromatic heterocycles. The molecule has 8 unspecified atom stereocenters. The molecule has 3 fully saturated rings. The summed E-state index contributed by atoms with van der Waals surface area (Å²) in [6, 6.07) is -1.91. The first kappa shape index (κ1) is 112. The number of carbonyl (C=O) groups is 15. The zero-order chi connectivity index (χ0) is 92.8. The fourth-order valence-corrected chi connectivity index (χ4v) is 16.8. The molecule has 7 amide bonds. The smallest absolute Gasteiger partial charge is 0.307 e. The van der Waals surface area contributed by atoms with E-state index in [9.17, 15) is 71.9 Å². The fraction of sp³-hybridized carbons (Fsp3) is 0.828. The van der Waals surface area contributed by atoms with E-state index in [1.54, 1.807) is 16.7 Å². The Bertz CT molecular complexity index is 3400. The lowest BCUT2D eigenvalue weighted by molar-refractivity contribution is -0.262. The minimum absolute atomic E-state index is 0.0775. The van der Waals surface area contributed by atoms with Crippen molar-refractivity contribution in [3.63, 3.8) is 0 Å². The molecule has 0 radical (unpaired) electrons. The Kier molecular flexibility index (Phi) is 57.9. The molecule has 0 aliphatic carbocycles. The van der Waals surface area contributed by atoms with Crippen molar-refractivity contribution in [2.75, 3.05) is 84.7 Å². The van der Waals surface area contributed by atoms with Gasteiger partial charge in [-0.3, -0.25) is 71.9 Å². The lowest BCUT2D eigenvalue weighted by atomic mass is 9.88. The third-order valence-corrected chi connectivity index (χ3v) is 23.2. The molecule has 38 heteroatoms. The molecule has 3 rings (SSSR count). The third-order valence-electron chi connectivity index (χ3n) is 21.7. The average Bonchev–Trinajstić information content (AvgIpc) is 0.806. The Balaban J connectivity index is 1.61. The van der Waals surface area contributed by atoms with E-state index in [0.717, 1.165) is 96.3 Å². The van der Waals surface area contributed by atoms with Crippen LogP contribution in [0.3, 0.4) is 0 Å². The molecular weight excluding hydrogens is 1690 g/mol. The second-order valence-corrected chi connectivity index (χ2v) is 37.7. The van der Waals surface area contributed by atoms with Crippen molar-refractivity contribution in [3.8, 4) is 0 Å².